The Kier molecular flexibility index (Phi) is 8.12. The highest BCUT2D eigenvalue weighted by Gasteiger charge is 2.17. The van der Waals surface area contributed by atoms with Crippen LogP contribution >= 0.6 is 11.6 Å². The third-order valence-corrected chi connectivity index (χ3v) is 2.82. The van der Waals surface area contributed by atoms with Gasteiger partial charge in [-0.2, -0.15) is 0 Å². The van der Waals surface area contributed by atoms with E-state index in [0.717, 1.165) is 12.8 Å². The summed E-state index contributed by atoms with van der Waals surface area (Å²) in [5.74, 6) is -1.35. The Morgan fingerprint density at radius 3 is 2.50 bits per heavy atom. The SMILES string of the molecule is C=C(C)C(C)C(=O)N/C(=C\CCCCCl)C(=O)O. The molecular formula is C13H20ClNO3. The summed E-state index contributed by atoms with van der Waals surface area (Å²) in [6.07, 6.45) is 3.71. The molecule has 0 saturated carbocycles. The van der Waals surface area contributed by atoms with Crippen LogP contribution in [0, 0.1) is 5.92 Å². The molecule has 1 unspecified atom stereocenters. The molecule has 0 aromatic heterocycles. The summed E-state index contributed by atoms with van der Waals surface area (Å²) in [7, 11) is 0. The van der Waals surface area contributed by atoms with Gasteiger partial charge in [0.2, 0.25) is 5.91 Å². The van der Waals surface area contributed by atoms with Gasteiger partial charge in [-0.3, -0.25) is 4.79 Å². The number of carboxylic acid groups (broad SMARTS) is 1. The van der Waals surface area contributed by atoms with Crippen molar-refractivity contribution in [1.29, 1.82) is 0 Å². The van der Waals surface area contributed by atoms with E-state index in [-0.39, 0.29) is 11.6 Å². The summed E-state index contributed by atoms with van der Waals surface area (Å²) in [5, 5.41) is 11.4. The highest BCUT2D eigenvalue weighted by Crippen LogP contribution is 2.08. The Labute approximate surface area is 113 Å². The number of hydrogen-bond acceptors (Lipinski definition) is 2. The number of halogens is 1. The summed E-state index contributed by atoms with van der Waals surface area (Å²) in [6.45, 7) is 7.09. The minimum Gasteiger partial charge on any atom is -0.477 e. The van der Waals surface area contributed by atoms with E-state index in [2.05, 4.69) is 11.9 Å². The van der Waals surface area contributed by atoms with Gasteiger partial charge in [-0.15, -0.1) is 11.6 Å². The molecule has 0 saturated heterocycles. The molecule has 1 amide bonds. The lowest BCUT2D eigenvalue weighted by molar-refractivity contribution is -0.135. The van der Waals surface area contributed by atoms with Crippen molar-refractivity contribution in [3.8, 4) is 0 Å². The third kappa shape index (κ3) is 6.45. The molecule has 0 aromatic carbocycles. The second-order valence-corrected chi connectivity index (χ2v) is 4.54. The van der Waals surface area contributed by atoms with Crippen LogP contribution in [0.5, 0.6) is 0 Å². The van der Waals surface area contributed by atoms with Crippen LogP contribution in [0.3, 0.4) is 0 Å². The van der Waals surface area contributed by atoms with Gasteiger partial charge in [0.15, 0.2) is 0 Å². The number of alkyl halides is 1. The molecule has 0 fully saturated rings. The minimum absolute atomic E-state index is 0.0809. The number of nitrogens with one attached hydrogen (secondary N) is 1. The predicted octanol–water partition coefficient (Wildman–Crippen LogP) is 2.69. The van der Waals surface area contributed by atoms with Gasteiger partial charge >= 0.3 is 5.97 Å². The first-order valence-corrected chi connectivity index (χ1v) is 6.39. The molecule has 5 heteroatoms. The van der Waals surface area contributed by atoms with Gasteiger partial charge < -0.3 is 10.4 Å². The monoisotopic (exact) mass is 273 g/mol. The maximum atomic E-state index is 11.7. The van der Waals surface area contributed by atoms with Crippen LogP contribution in [0.4, 0.5) is 0 Å². The highest BCUT2D eigenvalue weighted by molar-refractivity contribution is 6.17. The first-order chi connectivity index (χ1) is 8.40. The highest BCUT2D eigenvalue weighted by atomic mass is 35.5. The lowest BCUT2D eigenvalue weighted by Gasteiger charge is -2.12. The molecule has 0 aromatic rings. The Bertz CT molecular complexity index is 350. The lowest BCUT2D eigenvalue weighted by atomic mass is 10.0. The number of carbonyl (C=O) groups is 2. The van der Waals surface area contributed by atoms with Gasteiger partial charge in [0, 0.05) is 5.88 Å². The van der Waals surface area contributed by atoms with Crippen molar-refractivity contribution < 1.29 is 14.7 Å². The zero-order chi connectivity index (χ0) is 14.1. The van der Waals surface area contributed by atoms with E-state index in [9.17, 15) is 9.59 Å². The summed E-state index contributed by atoms with van der Waals surface area (Å²) < 4.78 is 0. The predicted molar refractivity (Wildman–Crippen MR) is 72.4 cm³/mol. The topological polar surface area (TPSA) is 66.4 Å². The molecule has 4 nitrogen and oxygen atoms in total. The summed E-state index contributed by atoms with van der Waals surface area (Å²) in [4.78, 5) is 22.7. The average Bonchev–Trinajstić information content (AvgIpc) is 2.31. The molecular weight excluding hydrogens is 254 g/mol. The van der Waals surface area contributed by atoms with Gasteiger partial charge in [-0.25, -0.2) is 4.79 Å². The largest absolute Gasteiger partial charge is 0.477 e. The maximum Gasteiger partial charge on any atom is 0.352 e. The van der Waals surface area contributed by atoms with Gasteiger partial charge in [-0.1, -0.05) is 18.2 Å². The molecule has 0 aliphatic carbocycles. The number of hydrogen-bond donors (Lipinski definition) is 2. The second kappa shape index (κ2) is 8.75. The Morgan fingerprint density at radius 1 is 1.44 bits per heavy atom. The molecule has 18 heavy (non-hydrogen) atoms. The van der Waals surface area contributed by atoms with Crippen LogP contribution < -0.4 is 5.32 Å². The van der Waals surface area contributed by atoms with E-state index in [0.29, 0.717) is 17.9 Å². The van der Waals surface area contributed by atoms with Crippen molar-refractivity contribution in [2.45, 2.75) is 33.1 Å². The fraction of sp³-hybridized carbons (Fsp3) is 0.538. The van der Waals surface area contributed by atoms with Crippen molar-refractivity contribution in [3.05, 3.63) is 23.9 Å². The molecule has 0 bridgehead atoms. The molecule has 0 rings (SSSR count). The fourth-order valence-corrected chi connectivity index (χ4v) is 1.33. The van der Waals surface area contributed by atoms with Crippen molar-refractivity contribution in [2.24, 2.45) is 5.92 Å². The first kappa shape index (κ1) is 16.7. The fourth-order valence-electron chi connectivity index (χ4n) is 1.14. The lowest BCUT2D eigenvalue weighted by Crippen LogP contribution is -2.32. The van der Waals surface area contributed by atoms with E-state index in [1.165, 1.54) is 6.08 Å². The first-order valence-electron chi connectivity index (χ1n) is 5.85. The van der Waals surface area contributed by atoms with E-state index in [1.807, 2.05) is 0 Å². The van der Waals surface area contributed by atoms with Crippen molar-refractivity contribution in [3.63, 3.8) is 0 Å². The molecule has 0 heterocycles. The maximum absolute atomic E-state index is 11.7. The molecule has 0 aliphatic rings. The number of amides is 1. The van der Waals surface area contributed by atoms with Gasteiger partial charge in [0.1, 0.15) is 5.70 Å². The molecule has 0 spiro atoms. The smallest absolute Gasteiger partial charge is 0.352 e. The van der Waals surface area contributed by atoms with E-state index in [1.54, 1.807) is 13.8 Å². The molecule has 2 N–H and O–H groups in total. The molecule has 0 aliphatic heterocycles. The number of allylic oxidation sites excluding steroid dienone is 1. The van der Waals surface area contributed by atoms with Gasteiger partial charge in [0.05, 0.1) is 5.92 Å². The van der Waals surface area contributed by atoms with E-state index < -0.39 is 11.9 Å². The van der Waals surface area contributed by atoms with Crippen LogP contribution in [-0.2, 0) is 9.59 Å². The average molecular weight is 274 g/mol. The summed E-state index contributed by atoms with van der Waals surface area (Å²) in [6, 6.07) is 0. The number of carbonyl (C=O) groups excluding carboxylic acids is 1. The molecule has 1 atom stereocenters. The molecule has 102 valence electrons. The van der Waals surface area contributed by atoms with Gasteiger partial charge in [-0.05, 0) is 33.1 Å². The Hall–Kier alpha value is -1.29. The number of rotatable bonds is 8. The normalized spacial score (nSPS) is 12.9. The van der Waals surface area contributed by atoms with Crippen molar-refractivity contribution >= 4 is 23.5 Å². The second-order valence-electron chi connectivity index (χ2n) is 4.17. The summed E-state index contributed by atoms with van der Waals surface area (Å²) in [5.41, 5.74) is 0.613. The third-order valence-electron chi connectivity index (χ3n) is 2.56. The summed E-state index contributed by atoms with van der Waals surface area (Å²) >= 11 is 5.52. The van der Waals surface area contributed by atoms with E-state index in [4.69, 9.17) is 16.7 Å². The van der Waals surface area contributed by atoms with Crippen molar-refractivity contribution in [2.75, 3.05) is 5.88 Å². The Balaban J connectivity index is 4.49. The van der Waals surface area contributed by atoms with Crippen LogP contribution in [0.15, 0.2) is 23.9 Å². The standard InChI is InChI=1S/C13H20ClNO3/c1-9(2)10(3)12(16)15-11(13(17)18)7-5-4-6-8-14/h7,10H,1,4-6,8H2,2-3H3,(H,15,16)(H,17,18)/b11-7-. The number of aliphatic carboxylic acids is 1. The van der Waals surface area contributed by atoms with Gasteiger partial charge in [0.25, 0.3) is 0 Å². The van der Waals surface area contributed by atoms with Crippen LogP contribution in [-0.4, -0.2) is 22.9 Å². The minimum atomic E-state index is -1.14. The zero-order valence-electron chi connectivity index (χ0n) is 10.8. The van der Waals surface area contributed by atoms with Crippen LogP contribution in [0.25, 0.3) is 0 Å². The van der Waals surface area contributed by atoms with E-state index >= 15 is 0 Å². The molecule has 0 radical (unpaired) electrons. The number of unbranched alkanes of at least 4 members (excludes halogenated alkanes) is 2. The van der Waals surface area contributed by atoms with Crippen LogP contribution in [0.2, 0.25) is 0 Å². The zero-order valence-corrected chi connectivity index (χ0v) is 11.6. The quantitative estimate of drug-likeness (QED) is 0.309. The Morgan fingerprint density at radius 2 is 2.06 bits per heavy atom. The van der Waals surface area contributed by atoms with Crippen molar-refractivity contribution in [1.82, 2.24) is 5.32 Å². The number of carboxylic acids is 1. The van der Waals surface area contributed by atoms with Crippen LogP contribution in [0.1, 0.15) is 33.1 Å².